The maximum absolute atomic E-state index is 5.93. The number of aromatic nitrogens is 2. The Labute approximate surface area is 178 Å². The molecule has 0 bridgehead atoms. The molecule has 0 aliphatic rings. The number of nitrogens with zero attached hydrogens (tertiary/aromatic N) is 2. The Hall–Kier alpha value is -1.89. The summed E-state index contributed by atoms with van der Waals surface area (Å²) in [5.74, 6) is 1.17. The maximum Gasteiger partial charge on any atom is 0.176 e. The van der Waals surface area contributed by atoms with Gasteiger partial charge in [0, 0.05) is 16.9 Å². The van der Waals surface area contributed by atoms with Crippen molar-refractivity contribution in [1.29, 1.82) is 0 Å². The van der Waals surface area contributed by atoms with Crippen LogP contribution in [0, 0.1) is 0 Å². The molecule has 0 aliphatic carbocycles. The van der Waals surface area contributed by atoms with Crippen molar-refractivity contribution in [3.05, 3.63) is 75.4 Å². The van der Waals surface area contributed by atoms with E-state index in [1.165, 1.54) is 5.56 Å². The molecule has 0 unspecified atom stereocenters. The van der Waals surface area contributed by atoms with Crippen LogP contribution in [0.3, 0.4) is 0 Å². The third kappa shape index (κ3) is 5.54. The van der Waals surface area contributed by atoms with Gasteiger partial charge in [0.15, 0.2) is 10.9 Å². The Morgan fingerprint density at radius 2 is 1.78 bits per heavy atom. The molecule has 0 spiro atoms. The van der Waals surface area contributed by atoms with E-state index in [1.807, 2.05) is 47.3 Å². The molecule has 1 heterocycles. The molecule has 0 atom stereocenters. The van der Waals surface area contributed by atoms with Gasteiger partial charge in [-0.25, -0.2) is 0 Å². The monoisotopic (exact) mass is 462 g/mol. The van der Waals surface area contributed by atoms with Gasteiger partial charge >= 0.3 is 0 Å². The van der Waals surface area contributed by atoms with E-state index in [2.05, 4.69) is 57.6 Å². The van der Waals surface area contributed by atoms with Gasteiger partial charge in [0.25, 0.3) is 0 Å². The minimum Gasteiger partial charge on any atom is -0.332 e. The van der Waals surface area contributed by atoms with Crippen molar-refractivity contribution in [3.63, 3.8) is 0 Å². The lowest BCUT2D eigenvalue weighted by Crippen LogP contribution is -2.19. The van der Waals surface area contributed by atoms with Gasteiger partial charge in [0.2, 0.25) is 0 Å². The highest BCUT2D eigenvalue weighted by Crippen LogP contribution is 2.22. The number of nitrogens with one attached hydrogen (secondary N) is 2. The van der Waals surface area contributed by atoms with Gasteiger partial charge < -0.3 is 10.6 Å². The first-order valence-electron chi connectivity index (χ1n) is 8.56. The molecule has 3 aromatic rings. The molecule has 140 valence electrons. The average molecular weight is 464 g/mol. The Kier molecular flexibility index (Phi) is 6.52. The third-order valence-corrected chi connectivity index (χ3v) is 5.08. The second-order valence-electron chi connectivity index (χ2n) is 6.51. The fourth-order valence-corrected chi connectivity index (χ4v) is 3.32. The maximum atomic E-state index is 5.93. The predicted octanol–water partition coefficient (Wildman–Crippen LogP) is 6.28. The topological polar surface area (TPSA) is 41.9 Å². The summed E-state index contributed by atoms with van der Waals surface area (Å²) in [6, 6.07) is 16.0. The summed E-state index contributed by atoms with van der Waals surface area (Å²) in [6.45, 7) is 4.99. The first kappa shape index (κ1) is 19.9. The van der Waals surface area contributed by atoms with Crippen molar-refractivity contribution in [2.45, 2.75) is 26.3 Å². The largest absolute Gasteiger partial charge is 0.332 e. The minimum atomic E-state index is 0.490. The highest BCUT2D eigenvalue weighted by Gasteiger charge is 2.09. The van der Waals surface area contributed by atoms with Gasteiger partial charge in [-0.1, -0.05) is 49.7 Å². The van der Waals surface area contributed by atoms with Crippen LogP contribution in [0.5, 0.6) is 0 Å². The van der Waals surface area contributed by atoms with Crippen LogP contribution in [0.1, 0.15) is 30.9 Å². The number of benzene rings is 2. The van der Waals surface area contributed by atoms with E-state index in [-0.39, 0.29) is 0 Å². The second-order valence-corrected chi connectivity index (χ2v) is 8.20. The summed E-state index contributed by atoms with van der Waals surface area (Å²) in [4.78, 5) is 0. The Balaban J connectivity index is 1.62. The molecular weight excluding hydrogens is 444 g/mol. The molecule has 3 rings (SSSR count). The summed E-state index contributed by atoms with van der Waals surface area (Å²) in [5.41, 5.74) is 3.35. The molecule has 1 aromatic heterocycles. The molecule has 0 aliphatic heterocycles. The zero-order valence-electron chi connectivity index (χ0n) is 15.0. The van der Waals surface area contributed by atoms with Gasteiger partial charge in [-0.3, -0.25) is 4.68 Å². The normalized spacial score (nSPS) is 10.9. The van der Waals surface area contributed by atoms with Crippen LogP contribution >= 0.6 is 39.7 Å². The second kappa shape index (κ2) is 8.87. The standard InChI is InChI=1S/C20H20BrClN4S/c1-13(2)15-5-9-17(10-6-15)23-20(27)24-19-18(21)12-26(25-19)11-14-3-7-16(22)8-4-14/h3-10,12-13H,11H2,1-2H3,(H2,23,24,25,27). The van der Waals surface area contributed by atoms with E-state index >= 15 is 0 Å². The fraction of sp³-hybridized carbons (Fsp3) is 0.200. The molecule has 2 aromatic carbocycles. The van der Waals surface area contributed by atoms with Gasteiger partial charge in [-0.15, -0.1) is 0 Å². The minimum absolute atomic E-state index is 0.490. The average Bonchev–Trinajstić information content (AvgIpc) is 2.96. The van der Waals surface area contributed by atoms with Crippen LogP contribution < -0.4 is 10.6 Å². The first-order valence-corrected chi connectivity index (χ1v) is 10.1. The zero-order valence-corrected chi connectivity index (χ0v) is 18.2. The summed E-state index contributed by atoms with van der Waals surface area (Å²) < 4.78 is 2.69. The molecule has 27 heavy (non-hydrogen) atoms. The third-order valence-electron chi connectivity index (χ3n) is 4.04. The Bertz CT molecular complexity index is 920. The van der Waals surface area contributed by atoms with E-state index in [1.54, 1.807) is 0 Å². The van der Waals surface area contributed by atoms with Crippen LogP contribution in [0.15, 0.2) is 59.2 Å². The highest BCUT2D eigenvalue weighted by atomic mass is 79.9. The smallest absolute Gasteiger partial charge is 0.176 e. The molecule has 0 saturated heterocycles. The van der Waals surface area contributed by atoms with Crippen molar-refractivity contribution < 1.29 is 0 Å². The number of thiocarbonyl (C=S) groups is 1. The van der Waals surface area contributed by atoms with E-state index in [0.717, 1.165) is 20.7 Å². The molecule has 2 N–H and O–H groups in total. The van der Waals surface area contributed by atoms with E-state index in [0.29, 0.717) is 23.4 Å². The summed E-state index contributed by atoms with van der Waals surface area (Å²) in [6.07, 6.45) is 1.91. The molecule has 4 nitrogen and oxygen atoms in total. The molecule has 0 amide bonds. The van der Waals surface area contributed by atoms with Gasteiger partial charge in [0.05, 0.1) is 11.0 Å². The first-order chi connectivity index (χ1) is 12.9. The molecule has 0 radical (unpaired) electrons. The van der Waals surface area contributed by atoms with E-state index in [4.69, 9.17) is 23.8 Å². The Morgan fingerprint density at radius 1 is 1.11 bits per heavy atom. The fourth-order valence-electron chi connectivity index (χ4n) is 2.56. The van der Waals surface area contributed by atoms with Crippen LogP contribution in [0.25, 0.3) is 0 Å². The SMILES string of the molecule is CC(C)c1ccc(NC(=S)Nc2nn(Cc3ccc(Cl)cc3)cc2Br)cc1. The van der Waals surface area contributed by atoms with Crippen molar-refractivity contribution in [3.8, 4) is 0 Å². The summed E-state index contributed by atoms with van der Waals surface area (Å²) >= 11 is 14.9. The lowest BCUT2D eigenvalue weighted by Gasteiger charge is -2.11. The summed E-state index contributed by atoms with van der Waals surface area (Å²) in [7, 11) is 0. The van der Waals surface area contributed by atoms with E-state index < -0.39 is 0 Å². The molecule has 0 fully saturated rings. The van der Waals surface area contributed by atoms with E-state index in [9.17, 15) is 0 Å². The molecule has 0 saturated carbocycles. The number of hydrogen-bond acceptors (Lipinski definition) is 2. The van der Waals surface area contributed by atoms with Crippen LogP contribution in [-0.4, -0.2) is 14.9 Å². The number of halogens is 2. The molecule has 7 heteroatoms. The van der Waals surface area contributed by atoms with Crippen LogP contribution in [-0.2, 0) is 6.54 Å². The van der Waals surface area contributed by atoms with Crippen molar-refractivity contribution in [2.24, 2.45) is 0 Å². The van der Waals surface area contributed by atoms with Gasteiger partial charge in [0.1, 0.15) is 0 Å². The lowest BCUT2D eigenvalue weighted by atomic mass is 10.0. The Morgan fingerprint density at radius 3 is 2.41 bits per heavy atom. The van der Waals surface area contributed by atoms with Crippen LogP contribution in [0.2, 0.25) is 5.02 Å². The van der Waals surface area contributed by atoms with Gasteiger partial charge in [-0.05, 0) is 69.5 Å². The summed E-state index contributed by atoms with van der Waals surface area (Å²) in [5, 5.41) is 12.1. The van der Waals surface area contributed by atoms with Crippen molar-refractivity contribution >= 4 is 56.4 Å². The van der Waals surface area contributed by atoms with Crippen LogP contribution in [0.4, 0.5) is 11.5 Å². The number of anilines is 2. The number of hydrogen-bond donors (Lipinski definition) is 2. The predicted molar refractivity (Wildman–Crippen MR) is 121 cm³/mol. The highest BCUT2D eigenvalue weighted by molar-refractivity contribution is 9.10. The number of rotatable bonds is 5. The van der Waals surface area contributed by atoms with Gasteiger partial charge in [-0.2, -0.15) is 5.10 Å². The lowest BCUT2D eigenvalue weighted by molar-refractivity contribution is 0.689. The quantitative estimate of drug-likeness (QED) is 0.437. The van der Waals surface area contributed by atoms with Crippen molar-refractivity contribution in [1.82, 2.24) is 9.78 Å². The zero-order chi connectivity index (χ0) is 19.4. The molecular formula is C20H20BrClN4S. The van der Waals surface area contributed by atoms with Crippen molar-refractivity contribution in [2.75, 3.05) is 10.6 Å².